The van der Waals surface area contributed by atoms with E-state index in [4.69, 9.17) is 26.2 Å². The Balaban J connectivity index is 1.71. The molecule has 7 heteroatoms. The molecule has 0 N–H and O–H groups in total. The van der Waals surface area contributed by atoms with Crippen LogP contribution in [0.2, 0.25) is 5.02 Å². The summed E-state index contributed by atoms with van der Waals surface area (Å²) in [5.74, 6) is 0.664. The average molecular weight is 441 g/mol. The summed E-state index contributed by atoms with van der Waals surface area (Å²) in [5, 5.41) is 6.09. The molecule has 1 aromatic heterocycles. The zero-order chi connectivity index (χ0) is 20.8. The van der Waals surface area contributed by atoms with Gasteiger partial charge in [-0.3, -0.25) is 4.79 Å². The van der Waals surface area contributed by atoms with Crippen molar-refractivity contribution < 1.29 is 14.3 Å². The van der Waals surface area contributed by atoms with Crippen LogP contribution in [0.25, 0.3) is 5.69 Å². The number of carbonyl (C=O) groups is 1. The summed E-state index contributed by atoms with van der Waals surface area (Å²) >= 11 is 7.76. The third-order valence-electron chi connectivity index (χ3n) is 5.69. The van der Waals surface area contributed by atoms with E-state index in [1.165, 1.54) is 11.8 Å². The van der Waals surface area contributed by atoms with Gasteiger partial charge in [-0.05, 0) is 38.1 Å². The molecule has 2 aromatic carbocycles. The first-order chi connectivity index (χ1) is 14.6. The van der Waals surface area contributed by atoms with Crippen LogP contribution in [0.5, 0.6) is 5.75 Å². The van der Waals surface area contributed by atoms with E-state index in [0.717, 1.165) is 33.3 Å². The molecular weight excluding hydrogens is 420 g/mol. The van der Waals surface area contributed by atoms with Crippen molar-refractivity contribution >= 4 is 29.3 Å². The summed E-state index contributed by atoms with van der Waals surface area (Å²) in [6.45, 7) is 4.69. The van der Waals surface area contributed by atoms with E-state index in [9.17, 15) is 4.79 Å². The minimum absolute atomic E-state index is 0.0211. The minimum atomic E-state index is -0.371. The summed E-state index contributed by atoms with van der Waals surface area (Å²) in [6, 6.07) is 15.7. The molecule has 2 aliphatic rings. The fraction of sp³-hybridized carbons (Fsp3) is 0.304. The molecule has 0 spiro atoms. The Bertz CT molecular complexity index is 1130. The maximum absolute atomic E-state index is 12.9. The van der Waals surface area contributed by atoms with Crippen molar-refractivity contribution in [3.05, 3.63) is 70.4 Å². The van der Waals surface area contributed by atoms with Crippen molar-refractivity contribution in [2.45, 2.75) is 30.0 Å². The fourth-order valence-corrected chi connectivity index (χ4v) is 6.09. The highest BCUT2D eigenvalue weighted by Crippen LogP contribution is 2.54. The number of benzene rings is 2. The number of esters is 1. The fourth-order valence-electron chi connectivity index (χ4n) is 4.44. The molecule has 3 heterocycles. The Morgan fingerprint density at radius 3 is 2.93 bits per heavy atom. The van der Waals surface area contributed by atoms with Crippen LogP contribution >= 0.6 is 23.4 Å². The van der Waals surface area contributed by atoms with Crippen molar-refractivity contribution in [1.82, 2.24) is 9.78 Å². The van der Waals surface area contributed by atoms with Gasteiger partial charge in [0.15, 0.2) is 0 Å². The van der Waals surface area contributed by atoms with Gasteiger partial charge in [0, 0.05) is 28.0 Å². The molecular formula is C23H21ClN2O3S. The minimum Gasteiger partial charge on any atom is -0.493 e. The molecule has 2 aliphatic heterocycles. The number of rotatable bonds is 3. The van der Waals surface area contributed by atoms with Crippen molar-refractivity contribution in [1.29, 1.82) is 0 Å². The van der Waals surface area contributed by atoms with Crippen molar-refractivity contribution in [3.63, 3.8) is 0 Å². The molecule has 0 radical (unpaired) electrons. The molecule has 0 bridgehead atoms. The maximum Gasteiger partial charge on any atom is 0.319 e. The number of hydrogen-bond donors (Lipinski definition) is 0. The second kappa shape index (κ2) is 7.67. The normalized spacial score (nSPS) is 21.8. The van der Waals surface area contributed by atoms with Gasteiger partial charge in [0.1, 0.15) is 16.0 Å². The molecule has 0 saturated carbocycles. The number of nitrogens with zero attached hydrogens (tertiary/aromatic N) is 2. The quantitative estimate of drug-likeness (QED) is 0.536. The van der Waals surface area contributed by atoms with E-state index in [0.29, 0.717) is 18.2 Å². The highest BCUT2D eigenvalue weighted by atomic mass is 35.5. The number of aromatic nitrogens is 2. The third kappa shape index (κ3) is 3.10. The summed E-state index contributed by atoms with van der Waals surface area (Å²) < 4.78 is 13.4. The molecule has 30 heavy (non-hydrogen) atoms. The molecule has 0 fully saturated rings. The van der Waals surface area contributed by atoms with E-state index in [1.807, 2.05) is 61.0 Å². The summed E-state index contributed by atoms with van der Waals surface area (Å²) in [6.07, 6.45) is 0. The first kappa shape index (κ1) is 19.5. The zero-order valence-corrected chi connectivity index (χ0v) is 18.2. The lowest BCUT2D eigenvalue weighted by Gasteiger charge is -2.40. The largest absolute Gasteiger partial charge is 0.493 e. The Morgan fingerprint density at radius 1 is 1.30 bits per heavy atom. The molecule has 5 nitrogen and oxygen atoms in total. The molecule has 0 aliphatic carbocycles. The highest BCUT2D eigenvalue weighted by Gasteiger charge is 2.48. The smallest absolute Gasteiger partial charge is 0.319 e. The van der Waals surface area contributed by atoms with Gasteiger partial charge in [0.25, 0.3) is 0 Å². The van der Waals surface area contributed by atoms with Gasteiger partial charge in [0.05, 0.1) is 24.6 Å². The molecule has 1 unspecified atom stereocenters. The number of carbonyl (C=O) groups excluding carboxylic acids is 1. The van der Waals surface area contributed by atoms with Gasteiger partial charge in [-0.2, -0.15) is 5.10 Å². The van der Waals surface area contributed by atoms with Gasteiger partial charge in [-0.1, -0.05) is 47.6 Å². The van der Waals surface area contributed by atoms with Crippen LogP contribution in [-0.4, -0.2) is 34.2 Å². The monoisotopic (exact) mass is 440 g/mol. The third-order valence-corrected chi connectivity index (χ3v) is 7.33. The Kier molecular flexibility index (Phi) is 4.99. The lowest BCUT2D eigenvalue weighted by molar-refractivity contribution is -0.144. The molecule has 5 rings (SSSR count). The van der Waals surface area contributed by atoms with Crippen LogP contribution in [0.1, 0.15) is 29.7 Å². The van der Waals surface area contributed by atoms with Crippen LogP contribution in [0.4, 0.5) is 0 Å². The number of fused-ring (bicyclic) bond motifs is 5. The van der Waals surface area contributed by atoms with Crippen LogP contribution in [0.3, 0.4) is 0 Å². The van der Waals surface area contributed by atoms with Crippen LogP contribution in [-0.2, 0) is 9.53 Å². The van der Waals surface area contributed by atoms with E-state index in [1.54, 1.807) is 0 Å². The summed E-state index contributed by atoms with van der Waals surface area (Å²) in [4.78, 5) is 12.9. The number of aryl methyl sites for hydroxylation is 1. The Morgan fingerprint density at radius 2 is 2.13 bits per heavy atom. The molecule has 3 atom stereocenters. The van der Waals surface area contributed by atoms with Crippen LogP contribution in [0, 0.1) is 12.8 Å². The van der Waals surface area contributed by atoms with E-state index < -0.39 is 0 Å². The SMILES string of the molecule is CCOC(=O)C1Sc2c(c(C)nn2-c2cccc(Cl)c2)[C@H]2c3ccccc3OC[C@@H]12. The average Bonchev–Trinajstić information content (AvgIpc) is 3.09. The van der Waals surface area contributed by atoms with E-state index >= 15 is 0 Å². The van der Waals surface area contributed by atoms with Crippen molar-refractivity contribution in [3.8, 4) is 11.4 Å². The van der Waals surface area contributed by atoms with Crippen LogP contribution < -0.4 is 4.74 Å². The van der Waals surface area contributed by atoms with Gasteiger partial charge < -0.3 is 9.47 Å². The topological polar surface area (TPSA) is 53.3 Å². The molecule has 0 saturated heterocycles. The lowest BCUT2D eigenvalue weighted by Crippen LogP contribution is -2.42. The van der Waals surface area contributed by atoms with Gasteiger partial charge in [0.2, 0.25) is 0 Å². The number of para-hydroxylation sites is 1. The van der Waals surface area contributed by atoms with Gasteiger partial charge in [-0.15, -0.1) is 0 Å². The van der Waals surface area contributed by atoms with Gasteiger partial charge in [-0.25, -0.2) is 4.68 Å². The molecule has 154 valence electrons. The van der Waals surface area contributed by atoms with Gasteiger partial charge >= 0.3 is 5.97 Å². The first-order valence-electron chi connectivity index (χ1n) is 9.99. The van der Waals surface area contributed by atoms with Crippen molar-refractivity contribution in [2.24, 2.45) is 5.92 Å². The number of halogens is 1. The van der Waals surface area contributed by atoms with E-state index in [-0.39, 0.29) is 23.1 Å². The predicted molar refractivity (Wildman–Crippen MR) is 117 cm³/mol. The summed E-state index contributed by atoms with van der Waals surface area (Å²) in [7, 11) is 0. The zero-order valence-electron chi connectivity index (χ0n) is 16.7. The number of hydrogen-bond acceptors (Lipinski definition) is 5. The second-order valence-electron chi connectivity index (χ2n) is 7.48. The Labute approximate surface area is 184 Å². The van der Waals surface area contributed by atoms with Crippen molar-refractivity contribution in [2.75, 3.05) is 13.2 Å². The predicted octanol–water partition coefficient (Wildman–Crippen LogP) is 5.01. The summed E-state index contributed by atoms with van der Waals surface area (Å²) in [5.41, 5.74) is 4.08. The first-order valence-corrected chi connectivity index (χ1v) is 11.2. The van der Waals surface area contributed by atoms with E-state index in [2.05, 4.69) is 6.07 Å². The lowest BCUT2D eigenvalue weighted by atomic mass is 9.77. The molecule has 3 aromatic rings. The second-order valence-corrected chi connectivity index (χ2v) is 9.04. The molecule has 0 amide bonds. The number of ether oxygens (including phenoxy) is 2. The standard InChI is InChI=1S/C23H21ClN2O3S/c1-3-28-23(27)21-17-12-29-18-10-5-4-9-16(18)20(17)19-13(2)25-26(22(19)30-21)15-8-6-7-14(24)11-15/h4-11,17,20-21H,3,12H2,1-2H3/t17-,20+,21?/m1/s1. The maximum atomic E-state index is 12.9. The Hall–Kier alpha value is -2.44. The highest BCUT2D eigenvalue weighted by molar-refractivity contribution is 8.00. The number of thioether (sulfide) groups is 1. The van der Waals surface area contributed by atoms with Crippen LogP contribution in [0.15, 0.2) is 53.6 Å².